The van der Waals surface area contributed by atoms with Gasteiger partial charge in [0.25, 0.3) is 0 Å². The summed E-state index contributed by atoms with van der Waals surface area (Å²) in [6.07, 6.45) is 1.84. The first-order valence-corrected chi connectivity index (χ1v) is 11.4. The molecular weight excluding hydrogens is 402 g/mol. The van der Waals surface area contributed by atoms with E-state index in [0.29, 0.717) is 0 Å². The number of nitrogens with zero attached hydrogens (tertiary/aromatic N) is 4. The van der Waals surface area contributed by atoms with Crippen LogP contribution in [-0.4, -0.2) is 39.7 Å². The predicted octanol–water partition coefficient (Wildman–Crippen LogP) is 4.94. The van der Waals surface area contributed by atoms with Crippen molar-refractivity contribution in [1.29, 1.82) is 0 Å². The lowest BCUT2D eigenvalue weighted by molar-refractivity contribution is 0.367. The van der Waals surface area contributed by atoms with Crippen LogP contribution in [0.25, 0.3) is 5.69 Å². The molecule has 0 radical (unpaired) electrons. The molecule has 1 aliphatic heterocycles. The molecule has 2 aromatic heterocycles. The lowest BCUT2D eigenvalue weighted by atomic mass is 9.97. The summed E-state index contributed by atoms with van der Waals surface area (Å²) < 4.78 is 2.34. The molecule has 0 amide bonds. The number of likely N-dealkylation sites (N-methyl/N-ethyl adjacent to an activating group) is 1. The molecule has 4 rings (SSSR count). The predicted molar refractivity (Wildman–Crippen MR) is 132 cm³/mol. The van der Waals surface area contributed by atoms with Crippen LogP contribution in [0.2, 0.25) is 0 Å². The first kappa shape index (κ1) is 21.4. The zero-order valence-electron chi connectivity index (χ0n) is 19.0. The highest BCUT2D eigenvalue weighted by molar-refractivity contribution is 7.80. The van der Waals surface area contributed by atoms with Crippen LogP contribution in [0.15, 0.2) is 54.7 Å². The fourth-order valence-corrected chi connectivity index (χ4v) is 4.97. The minimum atomic E-state index is 0.0256. The van der Waals surface area contributed by atoms with Gasteiger partial charge in [0.05, 0.1) is 17.8 Å². The highest BCUT2D eigenvalue weighted by Gasteiger charge is 2.39. The van der Waals surface area contributed by atoms with Crippen molar-refractivity contribution < 1.29 is 0 Å². The average Bonchev–Trinajstić information content (AvgIpc) is 3.24. The van der Waals surface area contributed by atoms with Gasteiger partial charge in [-0.25, -0.2) is 0 Å². The first-order valence-electron chi connectivity index (χ1n) is 10.9. The quantitative estimate of drug-likeness (QED) is 0.558. The van der Waals surface area contributed by atoms with Crippen LogP contribution in [-0.2, 0) is 0 Å². The van der Waals surface area contributed by atoms with Gasteiger partial charge < -0.3 is 19.7 Å². The van der Waals surface area contributed by atoms with Crippen LogP contribution in [0, 0.1) is 13.8 Å². The number of nitrogens with one attached hydrogen (secondary N) is 1. The van der Waals surface area contributed by atoms with Gasteiger partial charge in [0.15, 0.2) is 5.11 Å². The Hall–Kier alpha value is -2.86. The molecule has 3 aromatic rings. The van der Waals surface area contributed by atoms with Gasteiger partial charge in [-0.15, -0.1) is 0 Å². The molecule has 1 aliphatic rings. The molecule has 0 spiro atoms. The second-order valence-corrected chi connectivity index (χ2v) is 8.47. The van der Waals surface area contributed by atoms with E-state index in [-0.39, 0.29) is 12.1 Å². The van der Waals surface area contributed by atoms with Crippen LogP contribution < -0.4 is 10.2 Å². The monoisotopic (exact) mass is 433 g/mol. The molecule has 0 bridgehead atoms. The van der Waals surface area contributed by atoms with Gasteiger partial charge in [-0.05, 0) is 87.9 Å². The Bertz CT molecular complexity index is 1050. The second-order valence-electron chi connectivity index (χ2n) is 8.09. The minimum Gasteiger partial charge on any atom is -0.372 e. The summed E-state index contributed by atoms with van der Waals surface area (Å²) in [6.45, 7) is 10.8. The Kier molecular flexibility index (Phi) is 6.01. The highest BCUT2D eigenvalue weighted by Crippen LogP contribution is 2.40. The zero-order valence-corrected chi connectivity index (χ0v) is 19.8. The fourth-order valence-electron chi connectivity index (χ4n) is 4.73. The maximum absolute atomic E-state index is 5.61. The van der Waals surface area contributed by atoms with Crippen molar-refractivity contribution in [3.8, 4) is 5.69 Å². The van der Waals surface area contributed by atoms with Gasteiger partial charge in [0.1, 0.15) is 0 Å². The Morgan fingerprint density at radius 2 is 1.77 bits per heavy atom. The standard InChI is InChI=1S/C25H31N5S/c1-6-29(7-2)19-11-13-20(14-12-19)30-17(3)16-21(18(30)4)24-23(27-25(31)28(24)5)22-10-8-9-15-26-22/h8-16,23-24H,6-7H2,1-5H3,(H,27,31)/t23-,24+/m0/s1. The Labute approximate surface area is 190 Å². The van der Waals surface area contributed by atoms with Crippen molar-refractivity contribution in [2.45, 2.75) is 39.8 Å². The minimum absolute atomic E-state index is 0.0256. The molecule has 1 fully saturated rings. The number of hydrogen-bond acceptors (Lipinski definition) is 3. The van der Waals surface area contributed by atoms with Gasteiger partial charge in [0.2, 0.25) is 0 Å². The molecule has 0 aliphatic carbocycles. The smallest absolute Gasteiger partial charge is 0.169 e. The molecule has 0 unspecified atom stereocenters. The first-order chi connectivity index (χ1) is 15.0. The summed E-state index contributed by atoms with van der Waals surface area (Å²) in [5.41, 5.74) is 7.18. The van der Waals surface area contributed by atoms with Crippen LogP contribution >= 0.6 is 12.2 Å². The lowest BCUT2D eigenvalue weighted by Crippen LogP contribution is -2.25. The summed E-state index contributed by atoms with van der Waals surface area (Å²) in [7, 11) is 2.06. The summed E-state index contributed by atoms with van der Waals surface area (Å²) in [6, 6.07) is 17.3. The van der Waals surface area contributed by atoms with Gasteiger partial charge in [-0.1, -0.05) is 6.07 Å². The molecule has 1 aromatic carbocycles. The highest BCUT2D eigenvalue weighted by atomic mass is 32.1. The third-order valence-electron chi connectivity index (χ3n) is 6.36. The van der Waals surface area contributed by atoms with Crippen LogP contribution in [0.1, 0.15) is 48.6 Å². The Balaban J connectivity index is 1.73. The maximum Gasteiger partial charge on any atom is 0.169 e. The summed E-state index contributed by atoms with van der Waals surface area (Å²) in [5, 5.41) is 4.24. The number of thiocarbonyl (C=S) groups is 1. The van der Waals surface area contributed by atoms with Gasteiger partial charge in [-0.2, -0.15) is 0 Å². The van der Waals surface area contributed by atoms with Crippen molar-refractivity contribution >= 4 is 23.0 Å². The van der Waals surface area contributed by atoms with Gasteiger partial charge in [-0.3, -0.25) is 4.98 Å². The third kappa shape index (κ3) is 3.81. The molecule has 5 nitrogen and oxygen atoms in total. The van der Waals surface area contributed by atoms with E-state index in [2.05, 4.69) is 95.8 Å². The number of aryl methyl sites for hydroxylation is 1. The number of benzene rings is 1. The molecule has 3 heterocycles. The number of rotatable bonds is 6. The molecule has 6 heteroatoms. The van der Waals surface area contributed by atoms with Crippen LogP contribution in [0.5, 0.6) is 0 Å². The van der Waals surface area contributed by atoms with E-state index >= 15 is 0 Å². The molecular formula is C25H31N5S. The topological polar surface area (TPSA) is 36.3 Å². The Morgan fingerprint density at radius 3 is 2.39 bits per heavy atom. The van der Waals surface area contributed by atoms with Crippen molar-refractivity contribution in [2.24, 2.45) is 0 Å². The molecule has 31 heavy (non-hydrogen) atoms. The normalized spacial score (nSPS) is 18.4. The molecule has 1 saturated heterocycles. The van der Waals surface area contributed by atoms with Crippen LogP contribution in [0.4, 0.5) is 5.69 Å². The van der Waals surface area contributed by atoms with Crippen molar-refractivity contribution in [3.63, 3.8) is 0 Å². The van der Waals surface area contributed by atoms with E-state index in [1.165, 1.54) is 28.3 Å². The number of anilines is 1. The molecule has 162 valence electrons. The number of hydrogen-bond donors (Lipinski definition) is 1. The van der Waals surface area contributed by atoms with E-state index in [1.807, 2.05) is 18.3 Å². The summed E-state index contributed by atoms with van der Waals surface area (Å²) in [5.74, 6) is 0. The largest absolute Gasteiger partial charge is 0.372 e. The summed E-state index contributed by atoms with van der Waals surface area (Å²) in [4.78, 5) is 9.12. The number of pyridine rings is 1. The van der Waals surface area contributed by atoms with E-state index in [0.717, 1.165) is 23.9 Å². The van der Waals surface area contributed by atoms with Gasteiger partial charge in [0, 0.05) is 49.1 Å². The second kappa shape index (κ2) is 8.71. The molecule has 0 saturated carbocycles. The van der Waals surface area contributed by atoms with Crippen molar-refractivity contribution in [1.82, 2.24) is 19.8 Å². The maximum atomic E-state index is 5.61. The SMILES string of the molecule is CCN(CC)c1ccc(-n2c(C)cc([C@@H]3[C@H](c4ccccn4)NC(=S)N3C)c2C)cc1. The van der Waals surface area contributed by atoms with Gasteiger partial charge >= 0.3 is 0 Å². The van der Waals surface area contributed by atoms with E-state index in [1.54, 1.807) is 0 Å². The van der Waals surface area contributed by atoms with Crippen molar-refractivity contribution in [2.75, 3.05) is 25.0 Å². The van der Waals surface area contributed by atoms with E-state index in [4.69, 9.17) is 12.2 Å². The molecule has 2 atom stereocenters. The van der Waals surface area contributed by atoms with E-state index in [9.17, 15) is 0 Å². The lowest BCUT2D eigenvalue weighted by Gasteiger charge is -2.25. The Morgan fingerprint density at radius 1 is 1.06 bits per heavy atom. The number of aromatic nitrogens is 2. The van der Waals surface area contributed by atoms with Crippen LogP contribution in [0.3, 0.4) is 0 Å². The van der Waals surface area contributed by atoms with E-state index < -0.39 is 0 Å². The zero-order chi connectivity index (χ0) is 22.1. The van der Waals surface area contributed by atoms with Crippen molar-refractivity contribution in [3.05, 3.63) is 77.4 Å². The fraction of sp³-hybridized carbons (Fsp3) is 0.360. The molecule has 1 N–H and O–H groups in total. The third-order valence-corrected chi connectivity index (χ3v) is 6.77. The summed E-state index contributed by atoms with van der Waals surface area (Å²) >= 11 is 5.61. The average molecular weight is 434 g/mol.